The minimum Gasteiger partial charge on any atom is -0.396 e. The van der Waals surface area contributed by atoms with E-state index in [1.807, 2.05) is 12.1 Å². The molecule has 1 aromatic carbocycles. The zero-order valence-corrected chi connectivity index (χ0v) is 12.5. The third-order valence-corrected chi connectivity index (χ3v) is 4.21. The highest BCUT2D eigenvalue weighted by Gasteiger charge is 2.44. The monoisotopic (exact) mass is 321 g/mol. The van der Waals surface area contributed by atoms with Gasteiger partial charge in [-0.25, -0.2) is 0 Å². The molecule has 1 aliphatic rings. The lowest BCUT2D eigenvalue weighted by Gasteiger charge is -2.08. The summed E-state index contributed by atoms with van der Waals surface area (Å²) in [7, 11) is 0. The number of benzene rings is 1. The second-order valence-corrected chi connectivity index (χ2v) is 5.89. The lowest BCUT2D eigenvalue weighted by molar-refractivity contribution is -0.117. The summed E-state index contributed by atoms with van der Waals surface area (Å²) >= 11 is 11.9. The summed E-state index contributed by atoms with van der Waals surface area (Å²) < 4.78 is 0. The Bertz CT molecular complexity index is 668. The summed E-state index contributed by atoms with van der Waals surface area (Å²) in [5.74, 6) is 0.156. The summed E-state index contributed by atoms with van der Waals surface area (Å²) in [6, 6.07) is 7.06. The number of pyridine rings is 1. The van der Waals surface area contributed by atoms with E-state index < -0.39 is 0 Å². The van der Waals surface area contributed by atoms with E-state index >= 15 is 0 Å². The predicted octanol–water partition coefficient (Wildman–Crippen LogP) is 3.71. The summed E-state index contributed by atoms with van der Waals surface area (Å²) in [6.07, 6.45) is 4.35. The molecule has 6 heteroatoms. The van der Waals surface area contributed by atoms with Gasteiger partial charge in [0, 0.05) is 24.0 Å². The quantitative estimate of drug-likeness (QED) is 0.847. The molecule has 0 bridgehead atoms. The van der Waals surface area contributed by atoms with Crippen molar-refractivity contribution in [2.24, 2.45) is 5.92 Å². The zero-order chi connectivity index (χ0) is 15.0. The van der Waals surface area contributed by atoms with Crippen LogP contribution in [0, 0.1) is 5.92 Å². The first-order valence-electron chi connectivity index (χ1n) is 6.51. The topological polar surface area (TPSA) is 68.0 Å². The maximum Gasteiger partial charge on any atom is 0.228 e. The Morgan fingerprint density at radius 2 is 2.05 bits per heavy atom. The maximum absolute atomic E-state index is 12.2. The van der Waals surface area contributed by atoms with E-state index in [1.54, 1.807) is 24.5 Å². The molecule has 1 aromatic heterocycles. The molecule has 1 saturated carbocycles. The highest BCUT2D eigenvalue weighted by atomic mass is 35.5. The van der Waals surface area contributed by atoms with Gasteiger partial charge in [0.2, 0.25) is 5.91 Å². The number of amides is 1. The van der Waals surface area contributed by atoms with Crippen molar-refractivity contribution in [3.63, 3.8) is 0 Å². The van der Waals surface area contributed by atoms with Crippen molar-refractivity contribution in [2.75, 3.05) is 11.1 Å². The van der Waals surface area contributed by atoms with Crippen LogP contribution in [0.4, 0.5) is 11.4 Å². The van der Waals surface area contributed by atoms with Crippen LogP contribution in [0.3, 0.4) is 0 Å². The number of nitrogens with two attached hydrogens (primary N) is 1. The van der Waals surface area contributed by atoms with Crippen LogP contribution in [0.2, 0.25) is 10.0 Å². The summed E-state index contributed by atoms with van der Waals surface area (Å²) in [6.45, 7) is 0. The van der Waals surface area contributed by atoms with Gasteiger partial charge in [-0.1, -0.05) is 29.3 Å². The van der Waals surface area contributed by atoms with Crippen LogP contribution in [-0.4, -0.2) is 10.9 Å². The van der Waals surface area contributed by atoms with Crippen LogP contribution < -0.4 is 11.1 Å². The van der Waals surface area contributed by atoms with Crippen molar-refractivity contribution in [3.8, 4) is 0 Å². The smallest absolute Gasteiger partial charge is 0.228 e. The first-order valence-corrected chi connectivity index (χ1v) is 7.27. The van der Waals surface area contributed by atoms with Gasteiger partial charge in [0.05, 0.1) is 15.7 Å². The van der Waals surface area contributed by atoms with Gasteiger partial charge in [0.15, 0.2) is 0 Å². The van der Waals surface area contributed by atoms with Crippen LogP contribution >= 0.6 is 23.2 Å². The molecule has 1 amide bonds. The molecule has 0 unspecified atom stereocenters. The summed E-state index contributed by atoms with van der Waals surface area (Å²) in [5.41, 5.74) is 7.63. The van der Waals surface area contributed by atoms with Crippen molar-refractivity contribution < 1.29 is 4.79 Å². The lowest BCUT2D eigenvalue weighted by atomic mass is 10.1. The van der Waals surface area contributed by atoms with E-state index in [1.165, 1.54) is 0 Å². The minimum absolute atomic E-state index is 0.0377. The SMILES string of the molecule is Nc1c(Cl)cc(NC(=O)[C@@H]2C[C@@H]2c2cccnc2)cc1Cl. The number of nitrogen functional groups attached to an aromatic ring is 1. The molecular weight excluding hydrogens is 309 g/mol. The Morgan fingerprint density at radius 1 is 1.33 bits per heavy atom. The third-order valence-electron chi connectivity index (χ3n) is 3.59. The predicted molar refractivity (Wildman–Crippen MR) is 84.6 cm³/mol. The molecule has 3 N–H and O–H groups in total. The number of hydrogen-bond donors (Lipinski definition) is 2. The average Bonchev–Trinajstić information content (AvgIpc) is 3.26. The number of rotatable bonds is 3. The first kappa shape index (κ1) is 14.2. The first-order chi connectivity index (χ1) is 10.1. The minimum atomic E-state index is -0.0410. The lowest BCUT2D eigenvalue weighted by Crippen LogP contribution is -2.14. The van der Waals surface area contributed by atoms with Gasteiger partial charge in [-0.2, -0.15) is 0 Å². The van der Waals surface area contributed by atoms with Crippen LogP contribution in [0.25, 0.3) is 0 Å². The molecule has 21 heavy (non-hydrogen) atoms. The third kappa shape index (κ3) is 2.96. The number of hydrogen-bond acceptors (Lipinski definition) is 3. The fourth-order valence-electron chi connectivity index (χ4n) is 2.34. The van der Waals surface area contributed by atoms with Crippen LogP contribution in [0.15, 0.2) is 36.7 Å². The number of anilines is 2. The fourth-order valence-corrected chi connectivity index (χ4v) is 2.83. The van der Waals surface area contributed by atoms with Crippen LogP contribution in [-0.2, 0) is 4.79 Å². The second-order valence-electron chi connectivity index (χ2n) is 5.08. The van der Waals surface area contributed by atoms with E-state index in [4.69, 9.17) is 28.9 Å². The van der Waals surface area contributed by atoms with Crippen molar-refractivity contribution in [3.05, 3.63) is 52.3 Å². The van der Waals surface area contributed by atoms with Crippen molar-refractivity contribution in [2.45, 2.75) is 12.3 Å². The average molecular weight is 322 g/mol. The van der Waals surface area contributed by atoms with Gasteiger partial charge in [0.25, 0.3) is 0 Å². The number of halogens is 2. The van der Waals surface area contributed by atoms with Crippen LogP contribution in [0.5, 0.6) is 0 Å². The largest absolute Gasteiger partial charge is 0.396 e. The van der Waals surface area contributed by atoms with Crippen molar-refractivity contribution >= 4 is 40.5 Å². The highest BCUT2D eigenvalue weighted by Crippen LogP contribution is 2.47. The molecule has 0 aliphatic heterocycles. The second kappa shape index (κ2) is 5.54. The van der Waals surface area contributed by atoms with Gasteiger partial charge in [0.1, 0.15) is 0 Å². The molecule has 0 radical (unpaired) electrons. The number of aromatic nitrogens is 1. The van der Waals surface area contributed by atoms with E-state index in [9.17, 15) is 4.79 Å². The van der Waals surface area contributed by atoms with Gasteiger partial charge in [-0.05, 0) is 36.1 Å². The summed E-state index contributed by atoms with van der Waals surface area (Å²) in [4.78, 5) is 16.3. The molecule has 2 atom stereocenters. The Kier molecular flexibility index (Phi) is 3.74. The number of carbonyl (C=O) groups excluding carboxylic acids is 1. The zero-order valence-electron chi connectivity index (χ0n) is 11.0. The van der Waals surface area contributed by atoms with Gasteiger partial charge >= 0.3 is 0 Å². The Hall–Kier alpha value is -1.78. The molecular formula is C15H13Cl2N3O. The van der Waals surface area contributed by atoms with Crippen molar-refractivity contribution in [1.82, 2.24) is 4.98 Å². The molecule has 1 aliphatic carbocycles. The van der Waals surface area contributed by atoms with Crippen LogP contribution in [0.1, 0.15) is 17.9 Å². The molecule has 108 valence electrons. The van der Waals surface area contributed by atoms with Crippen molar-refractivity contribution in [1.29, 1.82) is 0 Å². The van der Waals surface area contributed by atoms with E-state index in [-0.39, 0.29) is 17.7 Å². The Labute approximate surface area is 132 Å². The molecule has 1 heterocycles. The van der Waals surface area contributed by atoms with Gasteiger partial charge < -0.3 is 11.1 Å². The molecule has 2 aromatic rings. The van der Waals surface area contributed by atoms with E-state index in [2.05, 4.69) is 10.3 Å². The Balaban J connectivity index is 1.69. The Morgan fingerprint density at radius 3 is 2.67 bits per heavy atom. The standard InChI is InChI=1S/C15H13Cl2N3O/c16-12-4-9(5-13(17)14(12)18)20-15(21)11-6-10(11)8-2-1-3-19-7-8/h1-5,7,10-11H,6,18H2,(H,20,21)/t10-,11-/m1/s1. The van der Waals surface area contributed by atoms with Gasteiger partial charge in [-0.3, -0.25) is 9.78 Å². The number of carbonyl (C=O) groups is 1. The number of nitrogens with zero attached hydrogens (tertiary/aromatic N) is 1. The molecule has 0 saturated heterocycles. The summed E-state index contributed by atoms with van der Waals surface area (Å²) in [5, 5.41) is 3.49. The fraction of sp³-hybridized carbons (Fsp3) is 0.200. The van der Waals surface area contributed by atoms with Gasteiger partial charge in [-0.15, -0.1) is 0 Å². The normalized spacial score (nSPS) is 20.1. The highest BCUT2D eigenvalue weighted by molar-refractivity contribution is 6.39. The molecule has 0 spiro atoms. The maximum atomic E-state index is 12.2. The molecule has 4 nitrogen and oxygen atoms in total. The molecule has 1 fully saturated rings. The van der Waals surface area contributed by atoms with E-state index in [0.29, 0.717) is 21.4 Å². The molecule has 3 rings (SSSR count). The number of nitrogens with one attached hydrogen (secondary N) is 1. The van der Waals surface area contributed by atoms with E-state index in [0.717, 1.165) is 12.0 Å².